The van der Waals surface area contributed by atoms with Crippen LogP contribution in [0.15, 0.2) is 36.4 Å². The summed E-state index contributed by atoms with van der Waals surface area (Å²) in [6.45, 7) is 4.33. The summed E-state index contributed by atoms with van der Waals surface area (Å²) >= 11 is 0. The number of hydrogen-bond acceptors (Lipinski definition) is 5. The molecule has 0 spiro atoms. The van der Waals surface area contributed by atoms with Gasteiger partial charge in [0.2, 0.25) is 0 Å². The van der Waals surface area contributed by atoms with Crippen LogP contribution in [0.2, 0.25) is 0 Å². The molecule has 0 heterocycles. The Morgan fingerprint density at radius 1 is 1.12 bits per heavy atom. The highest BCUT2D eigenvalue weighted by atomic mass is 16.6. The molecule has 2 aromatic carbocycles. The maximum atomic E-state index is 12.8. The van der Waals surface area contributed by atoms with Crippen molar-refractivity contribution in [2.75, 3.05) is 20.8 Å². The first-order valence-corrected chi connectivity index (χ1v) is 8.16. The van der Waals surface area contributed by atoms with Crippen LogP contribution in [-0.2, 0) is 6.54 Å². The number of nitrogens with zero attached hydrogens (tertiary/aromatic N) is 2. The number of methoxy groups -OCH3 is 2. The van der Waals surface area contributed by atoms with Crippen molar-refractivity contribution in [3.8, 4) is 11.5 Å². The van der Waals surface area contributed by atoms with Gasteiger partial charge in [0.25, 0.3) is 11.6 Å². The molecule has 0 saturated heterocycles. The van der Waals surface area contributed by atoms with Crippen LogP contribution in [0.1, 0.15) is 28.4 Å². The van der Waals surface area contributed by atoms with Crippen molar-refractivity contribution in [3.05, 3.63) is 63.2 Å². The number of ether oxygens (including phenoxy) is 2. The number of nitro groups is 1. The number of rotatable bonds is 7. The second kappa shape index (κ2) is 8.33. The van der Waals surface area contributed by atoms with Gasteiger partial charge in [0, 0.05) is 30.3 Å². The van der Waals surface area contributed by atoms with E-state index in [1.54, 1.807) is 44.2 Å². The number of carbonyl (C=O) groups excluding carboxylic acids is 1. The number of hydrogen-bond donors (Lipinski definition) is 0. The smallest absolute Gasteiger partial charge is 0.273 e. The van der Waals surface area contributed by atoms with Crippen molar-refractivity contribution in [1.82, 2.24) is 4.90 Å². The highest BCUT2D eigenvalue weighted by Gasteiger charge is 2.19. The molecule has 0 radical (unpaired) electrons. The number of carbonyl (C=O) groups is 1. The van der Waals surface area contributed by atoms with Gasteiger partial charge in [-0.2, -0.15) is 0 Å². The van der Waals surface area contributed by atoms with Gasteiger partial charge < -0.3 is 14.4 Å². The van der Waals surface area contributed by atoms with Gasteiger partial charge in [0.15, 0.2) is 11.5 Å². The van der Waals surface area contributed by atoms with E-state index in [0.29, 0.717) is 35.7 Å². The second-order valence-electron chi connectivity index (χ2n) is 5.77. The predicted octanol–water partition coefficient (Wildman–Crippen LogP) is 3.58. The topological polar surface area (TPSA) is 81.9 Å². The Kier molecular flexibility index (Phi) is 6.16. The third-order valence-electron chi connectivity index (χ3n) is 4.14. The van der Waals surface area contributed by atoms with Gasteiger partial charge in [0.05, 0.1) is 19.1 Å². The molecule has 0 bridgehead atoms. The van der Waals surface area contributed by atoms with E-state index < -0.39 is 4.92 Å². The van der Waals surface area contributed by atoms with Crippen LogP contribution in [0.5, 0.6) is 11.5 Å². The van der Waals surface area contributed by atoms with E-state index in [0.717, 1.165) is 5.56 Å². The lowest BCUT2D eigenvalue weighted by Crippen LogP contribution is -2.30. The Morgan fingerprint density at radius 3 is 2.38 bits per heavy atom. The van der Waals surface area contributed by atoms with Crippen molar-refractivity contribution in [2.24, 2.45) is 0 Å². The Hall–Kier alpha value is -3.09. The average molecular weight is 358 g/mol. The summed E-state index contributed by atoms with van der Waals surface area (Å²) in [5, 5.41) is 11.1. The minimum atomic E-state index is -0.475. The van der Waals surface area contributed by atoms with E-state index in [9.17, 15) is 14.9 Å². The van der Waals surface area contributed by atoms with Gasteiger partial charge in [-0.05, 0) is 37.6 Å². The third-order valence-corrected chi connectivity index (χ3v) is 4.14. The van der Waals surface area contributed by atoms with Crippen LogP contribution in [0, 0.1) is 17.0 Å². The Labute approximate surface area is 152 Å². The van der Waals surface area contributed by atoms with Crippen molar-refractivity contribution >= 4 is 11.6 Å². The van der Waals surface area contributed by atoms with Crippen molar-refractivity contribution in [1.29, 1.82) is 0 Å². The molecule has 26 heavy (non-hydrogen) atoms. The van der Waals surface area contributed by atoms with E-state index in [2.05, 4.69) is 0 Å². The molecular weight excluding hydrogens is 336 g/mol. The van der Waals surface area contributed by atoms with Gasteiger partial charge in [-0.25, -0.2) is 0 Å². The molecule has 2 aromatic rings. The van der Waals surface area contributed by atoms with Gasteiger partial charge in [-0.1, -0.05) is 12.1 Å². The average Bonchev–Trinajstić information content (AvgIpc) is 2.65. The van der Waals surface area contributed by atoms with Crippen LogP contribution < -0.4 is 9.47 Å². The molecule has 0 aliphatic heterocycles. The van der Waals surface area contributed by atoms with Gasteiger partial charge >= 0.3 is 0 Å². The van der Waals surface area contributed by atoms with E-state index in [-0.39, 0.29) is 11.6 Å². The van der Waals surface area contributed by atoms with E-state index >= 15 is 0 Å². The summed E-state index contributed by atoms with van der Waals surface area (Å²) in [6.07, 6.45) is 0. The summed E-state index contributed by atoms with van der Waals surface area (Å²) in [7, 11) is 3.11. The monoisotopic (exact) mass is 358 g/mol. The van der Waals surface area contributed by atoms with Gasteiger partial charge in [-0.15, -0.1) is 0 Å². The molecule has 0 aromatic heterocycles. The first kappa shape index (κ1) is 19.2. The molecule has 0 N–H and O–H groups in total. The quantitative estimate of drug-likeness (QED) is 0.558. The van der Waals surface area contributed by atoms with Crippen LogP contribution >= 0.6 is 0 Å². The van der Waals surface area contributed by atoms with Gasteiger partial charge in [0.1, 0.15) is 0 Å². The normalized spacial score (nSPS) is 10.3. The lowest BCUT2D eigenvalue weighted by molar-refractivity contribution is -0.385. The van der Waals surface area contributed by atoms with Crippen LogP contribution in [-0.4, -0.2) is 36.5 Å². The third kappa shape index (κ3) is 4.11. The first-order valence-electron chi connectivity index (χ1n) is 8.16. The molecule has 0 unspecified atom stereocenters. The number of nitro benzene ring substituents is 1. The summed E-state index contributed by atoms with van der Waals surface area (Å²) in [5.41, 5.74) is 1.64. The fourth-order valence-corrected chi connectivity index (χ4v) is 2.65. The Morgan fingerprint density at radius 2 is 1.81 bits per heavy atom. The first-order chi connectivity index (χ1) is 12.4. The zero-order valence-corrected chi connectivity index (χ0v) is 15.3. The minimum absolute atomic E-state index is 0.0574. The van der Waals surface area contributed by atoms with E-state index in [4.69, 9.17) is 9.47 Å². The molecule has 7 nitrogen and oxygen atoms in total. The lowest BCUT2D eigenvalue weighted by Gasteiger charge is -2.22. The minimum Gasteiger partial charge on any atom is -0.493 e. The Balaban J connectivity index is 2.27. The van der Waals surface area contributed by atoms with Crippen LogP contribution in [0.4, 0.5) is 5.69 Å². The number of amides is 1. The molecule has 0 aliphatic carbocycles. The SMILES string of the molecule is CCN(Cc1ccc(OC)c(OC)c1)C(=O)c1ccc(C)c([N+](=O)[O-])c1. The second-order valence-corrected chi connectivity index (χ2v) is 5.77. The molecule has 0 fully saturated rings. The maximum Gasteiger partial charge on any atom is 0.273 e. The van der Waals surface area contributed by atoms with Crippen molar-refractivity contribution < 1.29 is 19.2 Å². The summed E-state index contributed by atoms with van der Waals surface area (Å²) in [4.78, 5) is 25.0. The summed E-state index contributed by atoms with van der Waals surface area (Å²) in [5.74, 6) is 0.935. The Bertz CT molecular complexity index is 820. The maximum absolute atomic E-state index is 12.8. The molecule has 1 amide bonds. The molecular formula is C19H22N2O5. The van der Waals surface area contributed by atoms with E-state index in [1.807, 2.05) is 19.1 Å². The lowest BCUT2D eigenvalue weighted by atomic mass is 10.1. The summed E-state index contributed by atoms with van der Waals surface area (Å²) < 4.78 is 10.5. The molecule has 138 valence electrons. The molecule has 0 atom stereocenters. The summed E-state index contributed by atoms with van der Waals surface area (Å²) in [6, 6.07) is 9.98. The van der Waals surface area contributed by atoms with Crippen LogP contribution in [0.25, 0.3) is 0 Å². The van der Waals surface area contributed by atoms with Gasteiger partial charge in [-0.3, -0.25) is 14.9 Å². The fraction of sp³-hybridized carbons (Fsp3) is 0.316. The largest absolute Gasteiger partial charge is 0.493 e. The zero-order valence-electron chi connectivity index (χ0n) is 15.3. The molecule has 2 rings (SSSR count). The van der Waals surface area contributed by atoms with E-state index in [1.165, 1.54) is 6.07 Å². The predicted molar refractivity (Wildman–Crippen MR) is 97.8 cm³/mol. The number of benzene rings is 2. The number of aryl methyl sites for hydroxylation is 1. The highest BCUT2D eigenvalue weighted by Crippen LogP contribution is 2.28. The fourth-order valence-electron chi connectivity index (χ4n) is 2.65. The van der Waals surface area contributed by atoms with Crippen molar-refractivity contribution in [3.63, 3.8) is 0 Å². The zero-order chi connectivity index (χ0) is 19.3. The standard InChI is InChI=1S/C19H22N2O5/c1-5-20(12-14-7-9-17(25-3)18(10-14)26-4)19(22)15-8-6-13(2)16(11-15)21(23)24/h6-11H,5,12H2,1-4H3. The molecule has 0 saturated carbocycles. The van der Waals surface area contributed by atoms with Crippen molar-refractivity contribution in [2.45, 2.75) is 20.4 Å². The highest BCUT2D eigenvalue weighted by molar-refractivity contribution is 5.95. The molecule has 7 heteroatoms. The molecule has 0 aliphatic rings. The van der Waals surface area contributed by atoms with Crippen LogP contribution in [0.3, 0.4) is 0 Å².